The van der Waals surface area contributed by atoms with Crippen LogP contribution in [0.2, 0.25) is 0 Å². The first kappa shape index (κ1) is 10.0. The van der Waals surface area contributed by atoms with E-state index in [1.165, 1.54) is 37.7 Å². The van der Waals surface area contributed by atoms with Gasteiger partial charge in [0.15, 0.2) is 0 Å². The molecule has 1 atom stereocenters. The van der Waals surface area contributed by atoms with E-state index >= 15 is 0 Å². The van der Waals surface area contributed by atoms with Crippen molar-refractivity contribution < 1.29 is 0 Å². The first-order valence-corrected chi connectivity index (χ1v) is 6.10. The highest BCUT2D eigenvalue weighted by molar-refractivity contribution is 5.21. The van der Waals surface area contributed by atoms with Gasteiger partial charge in [-0.05, 0) is 43.9 Å². The summed E-state index contributed by atoms with van der Waals surface area (Å²) in [5.74, 6) is 2.81. The summed E-state index contributed by atoms with van der Waals surface area (Å²) in [6.45, 7) is 4.60. The van der Waals surface area contributed by atoms with Crippen LogP contribution in [0.3, 0.4) is 0 Å². The molecule has 0 nitrogen and oxygen atoms in total. The van der Waals surface area contributed by atoms with Gasteiger partial charge in [-0.15, -0.1) is 0 Å². The van der Waals surface area contributed by atoms with Crippen LogP contribution in [0.25, 0.3) is 0 Å². The van der Waals surface area contributed by atoms with Crippen molar-refractivity contribution in [2.45, 2.75) is 46.0 Å². The predicted octanol–water partition coefficient (Wildman–Crippen LogP) is 4.34. The normalized spacial score (nSPS) is 38.1. The summed E-state index contributed by atoms with van der Waals surface area (Å²) in [5.41, 5.74) is 1.45. The minimum atomic E-state index is 0.853. The summed E-state index contributed by atoms with van der Waals surface area (Å²) < 4.78 is 0. The summed E-state index contributed by atoms with van der Waals surface area (Å²) in [6, 6.07) is 0. The fourth-order valence-electron chi connectivity index (χ4n) is 2.81. The standard InChI is InChI=1S/C14H22/c1-11-3-7-13(8-4-11)14-9-5-12(2)6-10-14/h3-4,7,12-14H,5-6,8-10H2,1-2H3. The molecule has 2 aliphatic carbocycles. The second-order valence-electron chi connectivity index (χ2n) is 5.23. The molecule has 0 amide bonds. The Morgan fingerprint density at radius 3 is 2.43 bits per heavy atom. The molecular weight excluding hydrogens is 168 g/mol. The Kier molecular flexibility index (Phi) is 3.10. The van der Waals surface area contributed by atoms with Gasteiger partial charge < -0.3 is 0 Å². The Bertz CT molecular complexity index is 239. The van der Waals surface area contributed by atoms with Crippen LogP contribution < -0.4 is 0 Å². The lowest BCUT2D eigenvalue weighted by Gasteiger charge is -2.31. The molecule has 14 heavy (non-hydrogen) atoms. The zero-order chi connectivity index (χ0) is 9.97. The average Bonchev–Trinajstić information content (AvgIpc) is 2.21. The summed E-state index contributed by atoms with van der Waals surface area (Å²) in [7, 11) is 0. The highest BCUT2D eigenvalue weighted by Crippen LogP contribution is 2.36. The zero-order valence-electron chi connectivity index (χ0n) is 9.50. The molecule has 0 aromatic carbocycles. The molecule has 1 fully saturated rings. The number of rotatable bonds is 1. The van der Waals surface area contributed by atoms with Gasteiger partial charge in [0.25, 0.3) is 0 Å². The van der Waals surface area contributed by atoms with Gasteiger partial charge in [-0.25, -0.2) is 0 Å². The molecule has 0 aromatic rings. The maximum absolute atomic E-state index is 2.45. The summed E-state index contributed by atoms with van der Waals surface area (Å²) in [6.07, 6.45) is 14.3. The Labute approximate surface area is 88.1 Å². The molecule has 0 heterocycles. The predicted molar refractivity (Wildman–Crippen MR) is 62.1 cm³/mol. The second-order valence-corrected chi connectivity index (χ2v) is 5.23. The fourth-order valence-corrected chi connectivity index (χ4v) is 2.81. The summed E-state index contributed by atoms with van der Waals surface area (Å²) >= 11 is 0. The molecule has 0 N–H and O–H groups in total. The van der Waals surface area contributed by atoms with Crippen LogP contribution in [0.5, 0.6) is 0 Å². The first-order chi connectivity index (χ1) is 6.75. The van der Waals surface area contributed by atoms with E-state index in [1.54, 1.807) is 0 Å². The van der Waals surface area contributed by atoms with E-state index < -0.39 is 0 Å². The molecule has 0 bridgehead atoms. The zero-order valence-corrected chi connectivity index (χ0v) is 9.50. The van der Waals surface area contributed by atoms with Crippen molar-refractivity contribution in [1.82, 2.24) is 0 Å². The second kappa shape index (κ2) is 4.33. The van der Waals surface area contributed by atoms with Crippen LogP contribution in [-0.4, -0.2) is 0 Å². The molecule has 0 aromatic heterocycles. The van der Waals surface area contributed by atoms with Crippen LogP contribution in [0.15, 0.2) is 23.8 Å². The Morgan fingerprint density at radius 1 is 1.14 bits per heavy atom. The fraction of sp³-hybridized carbons (Fsp3) is 0.714. The van der Waals surface area contributed by atoms with E-state index in [1.807, 2.05) is 0 Å². The number of allylic oxidation sites excluding steroid dienone is 4. The summed E-state index contributed by atoms with van der Waals surface area (Å²) in [4.78, 5) is 0. The Balaban J connectivity index is 1.88. The van der Waals surface area contributed by atoms with Crippen molar-refractivity contribution in [3.05, 3.63) is 23.8 Å². The van der Waals surface area contributed by atoms with E-state index in [2.05, 4.69) is 32.1 Å². The minimum absolute atomic E-state index is 0.853. The van der Waals surface area contributed by atoms with Crippen LogP contribution in [0.4, 0.5) is 0 Å². The molecule has 78 valence electrons. The molecule has 2 aliphatic rings. The van der Waals surface area contributed by atoms with Crippen LogP contribution >= 0.6 is 0 Å². The van der Waals surface area contributed by atoms with Crippen molar-refractivity contribution in [2.75, 3.05) is 0 Å². The molecule has 0 aliphatic heterocycles. The van der Waals surface area contributed by atoms with Crippen molar-refractivity contribution in [3.63, 3.8) is 0 Å². The Hall–Kier alpha value is -0.520. The van der Waals surface area contributed by atoms with Crippen LogP contribution in [0, 0.1) is 17.8 Å². The van der Waals surface area contributed by atoms with E-state index in [0.717, 1.165) is 17.8 Å². The largest absolute Gasteiger partial charge is 0.0810 e. The molecule has 0 saturated heterocycles. The molecule has 2 rings (SSSR count). The van der Waals surface area contributed by atoms with Gasteiger partial charge in [-0.1, -0.05) is 43.6 Å². The third-order valence-electron chi connectivity index (χ3n) is 3.98. The lowest BCUT2D eigenvalue weighted by Crippen LogP contribution is -2.20. The molecule has 1 saturated carbocycles. The Morgan fingerprint density at radius 2 is 1.86 bits per heavy atom. The van der Waals surface area contributed by atoms with E-state index in [9.17, 15) is 0 Å². The van der Waals surface area contributed by atoms with E-state index in [0.29, 0.717) is 0 Å². The van der Waals surface area contributed by atoms with Gasteiger partial charge in [-0.2, -0.15) is 0 Å². The van der Waals surface area contributed by atoms with Gasteiger partial charge >= 0.3 is 0 Å². The third-order valence-corrected chi connectivity index (χ3v) is 3.98. The van der Waals surface area contributed by atoms with Gasteiger partial charge in [0.2, 0.25) is 0 Å². The van der Waals surface area contributed by atoms with Gasteiger partial charge in [0, 0.05) is 0 Å². The minimum Gasteiger partial charge on any atom is -0.0810 e. The van der Waals surface area contributed by atoms with Crippen molar-refractivity contribution >= 4 is 0 Å². The van der Waals surface area contributed by atoms with Crippen molar-refractivity contribution in [3.8, 4) is 0 Å². The van der Waals surface area contributed by atoms with E-state index in [4.69, 9.17) is 0 Å². The quantitative estimate of drug-likeness (QED) is 0.577. The SMILES string of the molecule is CC1=CCC(C2CCC(C)CC2)C=C1. The smallest absolute Gasteiger partial charge is 0.0167 e. The first-order valence-electron chi connectivity index (χ1n) is 6.10. The molecule has 0 radical (unpaired) electrons. The third kappa shape index (κ3) is 2.29. The molecular formula is C14H22. The van der Waals surface area contributed by atoms with Gasteiger partial charge in [0.1, 0.15) is 0 Å². The maximum Gasteiger partial charge on any atom is -0.0167 e. The average molecular weight is 190 g/mol. The monoisotopic (exact) mass is 190 g/mol. The molecule has 0 spiro atoms. The van der Waals surface area contributed by atoms with Crippen LogP contribution in [0.1, 0.15) is 46.0 Å². The number of hydrogen-bond acceptors (Lipinski definition) is 0. The van der Waals surface area contributed by atoms with Crippen LogP contribution in [-0.2, 0) is 0 Å². The topological polar surface area (TPSA) is 0 Å². The maximum atomic E-state index is 2.45. The lowest BCUT2D eigenvalue weighted by atomic mass is 9.74. The van der Waals surface area contributed by atoms with Gasteiger partial charge in [0.05, 0.1) is 0 Å². The molecule has 0 heteroatoms. The van der Waals surface area contributed by atoms with Gasteiger partial charge in [-0.3, -0.25) is 0 Å². The van der Waals surface area contributed by atoms with Crippen molar-refractivity contribution in [2.24, 2.45) is 17.8 Å². The van der Waals surface area contributed by atoms with E-state index in [-0.39, 0.29) is 0 Å². The van der Waals surface area contributed by atoms with Crippen molar-refractivity contribution in [1.29, 1.82) is 0 Å². The number of hydrogen-bond donors (Lipinski definition) is 0. The summed E-state index contributed by atoms with van der Waals surface area (Å²) in [5, 5.41) is 0. The highest BCUT2D eigenvalue weighted by Gasteiger charge is 2.24. The molecule has 1 unspecified atom stereocenters. The highest BCUT2D eigenvalue weighted by atomic mass is 14.3. The lowest BCUT2D eigenvalue weighted by molar-refractivity contribution is 0.239.